The maximum atomic E-state index is 9.28. The lowest BCUT2D eigenvalue weighted by molar-refractivity contribution is 0.405. The molecule has 0 aliphatic carbocycles. The quantitative estimate of drug-likeness (QED) is 0.631. The molecule has 0 fully saturated rings. The van der Waals surface area contributed by atoms with Gasteiger partial charge in [-0.1, -0.05) is 0 Å². The van der Waals surface area contributed by atoms with Crippen LogP contribution in [0.3, 0.4) is 0 Å². The third-order valence-corrected chi connectivity index (χ3v) is 2.03. The number of phenolic OH excluding ortho intramolecular Hbond substituents is 1. The molecule has 0 bridgehead atoms. The van der Waals surface area contributed by atoms with Gasteiger partial charge in [0.1, 0.15) is 11.5 Å². The number of hydrogen-bond donors (Lipinski definition) is 2. The molecule has 0 heterocycles. The van der Waals surface area contributed by atoms with Crippen molar-refractivity contribution in [2.24, 2.45) is 0 Å². The van der Waals surface area contributed by atoms with Gasteiger partial charge in [-0.15, -0.1) is 12.6 Å². The number of thiol groups is 1. The van der Waals surface area contributed by atoms with Crippen LogP contribution in [0.15, 0.2) is 17.0 Å². The first-order valence-electron chi connectivity index (χ1n) is 3.21. The van der Waals surface area contributed by atoms with Gasteiger partial charge in [0, 0.05) is 16.5 Å². The fourth-order valence-corrected chi connectivity index (χ4v) is 1.02. The van der Waals surface area contributed by atoms with E-state index in [0.29, 0.717) is 5.75 Å². The van der Waals surface area contributed by atoms with E-state index in [2.05, 4.69) is 12.6 Å². The molecule has 0 aromatic heterocycles. The molecule has 0 saturated carbocycles. The van der Waals surface area contributed by atoms with Crippen molar-refractivity contribution >= 4 is 12.6 Å². The van der Waals surface area contributed by atoms with Crippen molar-refractivity contribution in [3.05, 3.63) is 17.7 Å². The first-order chi connectivity index (χ1) is 5.15. The van der Waals surface area contributed by atoms with Gasteiger partial charge in [0.15, 0.2) is 0 Å². The summed E-state index contributed by atoms with van der Waals surface area (Å²) < 4.78 is 4.92. The Morgan fingerprint density at radius 1 is 1.45 bits per heavy atom. The minimum atomic E-state index is 0.217. The average Bonchev–Trinajstić information content (AvgIpc) is 1.99. The number of hydrogen-bond acceptors (Lipinski definition) is 3. The van der Waals surface area contributed by atoms with E-state index in [1.54, 1.807) is 26.2 Å². The summed E-state index contributed by atoms with van der Waals surface area (Å²) in [6, 6.07) is 3.33. The predicted molar refractivity (Wildman–Crippen MR) is 46.6 cm³/mol. The van der Waals surface area contributed by atoms with Crippen molar-refractivity contribution in [3.63, 3.8) is 0 Å². The van der Waals surface area contributed by atoms with Crippen LogP contribution in [-0.2, 0) is 0 Å². The van der Waals surface area contributed by atoms with E-state index in [-0.39, 0.29) is 5.75 Å². The van der Waals surface area contributed by atoms with E-state index in [1.165, 1.54) is 0 Å². The van der Waals surface area contributed by atoms with E-state index in [4.69, 9.17) is 4.74 Å². The molecule has 60 valence electrons. The van der Waals surface area contributed by atoms with Crippen LogP contribution in [0.4, 0.5) is 0 Å². The Kier molecular flexibility index (Phi) is 2.29. The van der Waals surface area contributed by atoms with Crippen LogP contribution < -0.4 is 4.74 Å². The number of benzene rings is 1. The van der Waals surface area contributed by atoms with Gasteiger partial charge in [-0.2, -0.15) is 0 Å². The number of aromatic hydroxyl groups is 1. The molecule has 0 saturated heterocycles. The smallest absolute Gasteiger partial charge is 0.123 e. The zero-order valence-corrected chi connectivity index (χ0v) is 7.35. The van der Waals surface area contributed by atoms with Crippen LogP contribution in [0.1, 0.15) is 5.56 Å². The average molecular weight is 170 g/mol. The molecule has 0 spiro atoms. The normalized spacial score (nSPS) is 9.73. The number of rotatable bonds is 1. The summed E-state index contributed by atoms with van der Waals surface area (Å²) in [5.74, 6) is 0.840. The molecule has 1 rings (SSSR count). The zero-order valence-electron chi connectivity index (χ0n) is 6.46. The molecule has 0 unspecified atom stereocenters. The predicted octanol–water partition coefficient (Wildman–Crippen LogP) is 2.00. The molecule has 3 heteroatoms. The molecule has 0 radical (unpaired) electrons. The van der Waals surface area contributed by atoms with E-state index in [9.17, 15) is 5.11 Å². The summed E-state index contributed by atoms with van der Waals surface area (Å²) in [6.07, 6.45) is 0. The van der Waals surface area contributed by atoms with Gasteiger partial charge < -0.3 is 9.84 Å². The standard InChI is InChI=1S/C8H10O2S/c1-5-7(9)3-6(10-2)4-8(5)11/h3-4,9,11H,1-2H3. The number of phenols is 1. The molecule has 0 aliphatic heterocycles. The van der Waals surface area contributed by atoms with Crippen molar-refractivity contribution in [1.82, 2.24) is 0 Å². The van der Waals surface area contributed by atoms with Crippen LogP contribution in [0.5, 0.6) is 11.5 Å². The lowest BCUT2D eigenvalue weighted by Crippen LogP contribution is -1.84. The fourth-order valence-electron chi connectivity index (χ4n) is 0.777. The maximum Gasteiger partial charge on any atom is 0.123 e. The highest BCUT2D eigenvalue weighted by atomic mass is 32.1. The van der Waals surface area contributed by atoms with E-state index in [0.717, 1.165) is 10.5 Å². The van der Waals surface area contributed by atoms with Crippen molar-refractivity contribution < 1.29 is 9.84 Å². The monoisotopic (exact) mass is 170 g/mol. The Balaban J connectivity index is 3.21. The molecule has 11 heavy (non-hydrogen) atoms. The molecule has 2 nitrogen and oxygen atoms in total. The van der Waals surface area contributed by atoms with Crippen LogP contribution in [0.25, 0.3) is 0 Å². The van der Waals surface area contributed by atoms with Crippen molar-refractivity contribution in [2.45, 2.75) is 11.8 Å². The molecular formula is C8H10O2S. The molecule has 1 N–H and O–H groups in total. The van der Waals surface area contributed by atoms with E-state index < -0.39 is 0 Å². The third kappa shape index (κ3) is 1.60. The Bertz CT molecular complexity index is 248. The summed E-state index contributed by atoms with van der Waals surface area (Å²) in [6.45, 7) is 1.80. The van der Waals surface area contributed by atoms with Crippen LogP contribution >= 0.6 is 12.6 Å². The Hall–Kier alpha value is -0.830. The molecule has 1 aromatic carbocycles. The number of methoxy groups -OCH3 is 1. The molecule has 0 atom stereocenters. The molecule has 0 amide bonds. The lowest BCUT2D eigenvalue weighted by Gasteiger charge is -2.05. The van der Waals surface area contributed by atoms with E-state index in [1.807, 2.05) is 0 Å². The second-order valence-electron chi connectivity index (χ2n) is 2.29. The highest BCUT2D eigenvalue weighted by Crippen LogP contribution is 2.28. The van der Waals surface area contributed by atoms with Crippen LogP contribution in [0, 0.1) is 6.92 Å². The molecule has 1 aromatic rings. The zero-order chi connectivity index (χ0) is 8.43. The van der Waals surface area contributed by atoms with Crippen molar-refractivity contribution in [3.8, 4) is 11.5 Å². The lowest BCUT2D eigenvalue weighted by atomic mass is 10.2. The summed E-state index contributed by atoms with van der Waals surface area (Å²) in [7, 11) is 1.55. The topological polar surface area (TPSA) is 29.5 Å². The summed E-state index contributed by atoms with van der Waals surface area (Å²) in [5.41, 5.74) is 0.772. The molecule has 0 aliphatic rings. The van der Waals surface area contributed by atoms with Gasteiger partial charge >= 0.3 is 0 Å². The SMILES string of the molecule is COc1cc(O)c(C)c(S)c1. The Morgan fingerprint density at radius 2 is 2.09 bits per heavy atom. The van der Waals surface area contributed by atoms with Gasteiger partial charge in [-0.25, -0.2) is 0 Å². The highest BCUT2D eigenvalue weighted by molar-refractivity contribution is 7.80. The minimum Gasteiger partial charge on any atom is -0.508 e. The van der Waals surface area contributed by atoms with Crippen molar-refractivity contribution in [2.75, 3.05) is 7.11 Å². The minimum absolute atomic E-state index is 0.217. The highest BCUT2D eigenvalue weighted by Gasteiger charge is 2.02. The number of ether oxygens (including phenoxy) is 1. The van der Waals surface area contributed by atoms with Crippen LogP contribution in [-0.4, -0.2) is 12.2 Å². The van der Waals surface area contributed by atoms with Gasteiger partial charge in [0.25, 0.3) is 0 Å². The molecular weight excluding hydrogens is 160 g/mol. The van der Waals surface area contributed by atoms with Crippen molar-refractivity contribution in [1.29, 1.82) is 0 Å². The maximum absolute atomic E-state index is 9.28. The van der Waals surface area contributed by atoms with Gasteiger partial charge in [-0.05, 0) is 13.0 Å². The van der Waals surface area contributed by atoms with Crippen LogP contribution in [0.2, 0.25) is 0 Å². The Labute approximate surface area is 71.2 Å². The summed E-state index contributed by atoms with van der Waals surface area (Å²) in [5, 5.41) is 9.28. The third-order valence-electron chi connectivity index (χ3n) is 1.56. The summed E-state index contributed by atoms with van der Waals surface area (Å²) >= 11 is 4.15. The second-order valence-corrected chi connectivity index (χ2v) is 2.77. The van der Waals surface area contributed by atoms with Gasteiger partial charge in [0.05, 0.1) is 7.11 Å². The second kappa shape index (κ2) is 3.05. The largest absolute Gasteiger partial charge is 0.508 e. The first kappa shape index (κ1) is 8.27. The Morgan fingerprint density at radius 3 is 2.55 bits per heavy atom. The van der Waals surface area contributed by atoms with Gasteiger partial charge in [0.2, 0.25) is 0 Å². The fraction of sp³-hybridized carbons (Fsp3) is 0.250. The first-order valence-corrected chi connectivity index (χ1v) is 3.66. The summed E-state index contributed by atoms with van der Waals surface area (Å²) in [4.78, 5) is 0.738. The van der Waals surface area contributed by atoms with Gasteiger partial charge in [-0.3, -0.25) is 0 Å². The van der Waals surface area contributed by atoms with E-state index >= 15 is 0 Å².